The molecule has 0 fully saturated rings. The number of ether oxygens (including phenoxy) is 6. The molecular formula is C28H42O8. The van der Waals surface area contributed by atoms with Crippen molar-refractivity contribution in [2.45, 2.75) is 38.5 Å². The highest BCUT2D eigenvalue weighted by Gasteiger charge is 2.25. The van der Waals surface area contributed by atoms with Crippen molar-refractivity contribution in [3.05, 3.63) is 35.4 Å². The van der Waals surface area contributed by atoms with Gasteiger partial charge in [0.15, 0.2) is 23.0 Å². The van der Waals surface area contributed by atoms with Gasteiger partial charge in [-0.1, -0.05) is 6.42 Å². The molecule has 8 nitrogen and oxygen atoms in total. The predicted molar refractivity (Wildman–Crippen MR) is 139 cm³/mol. The molecule has 2 atom stereocenters. The Morgan fingerprint density at radius 2 is 0.917 bits per heavy atom. The second-order valence-corrected chi connectivity index (χ2v) is 8.73. The van der Waals surface area contributed by atoms with E-state index in [-0.39, 0.29) is 25.0 Å². The van der Waals surface area contributed by atoms with Crippen molar-refractivity contribution in [3.8, 4) is 34.5 Å². The number of methoxy groups -OCH3 is 6. The molecule has 0 aliphatic carbocycles. The minimum Gasteiger partial charge on any atom is -0.493 e. The molecule has 2 N–H and O–H groups in total. The Morgan fingerprint density at radius 1 is 0.528 bits per heavy atom. The standard InChI is InChI=1S/C28H42O8/c1-31-23-15-19(16-24(32-2)27(23)35-5)13-21(9-7-8-11-29)22(10-12-30)14-20-17-25(33-3)28(36-6)26(18-20)34-4/h15-18,21-22,29-30H,7-14H2,1-6H3/t21-,22-/m0/s1. The maximum absolute atomic E-state index is 9.95. The van der Waals surface area contributed by atoms with Crippen LogP contribution in [0.5, 0.6) is 34.5 Å². The highest BCUT2D eigenvalue weighted by atomic mass is 16.5. The van der Waals surface area contributed by atoms with E-state index < -0.39 is 0 Å². The van der Waals surface area contributed by atoms with Gasteiger partial charge in [-0.2, -0.15) is 0 Å². The first-order chi connectivity index (χ1) is 17.5. The van der Waals surface area contributed by atoms with Crippen LogP contribution >= 0.6 is 0 Å². The van der Waals surface area contributed by atoms with Crippen molar-refractivity contribution in [3.63, 3.8) is 0 Å². The van der Waals surface area contributed by atoms with Crippen LogP contribution in [0.25, 0.3) is 0 Å². The van der Waals surface area contributed by atoms with Gasteiger partial charge in [0.05, 0.1) is 42.7 Å². The van der Waals surface area contributed by atoms with E-state index in [1.807, 2.05) is 24.3 Å². The van der Waals surface area contributed by atoms with E-state index in [1.165, 1.54) is 0 Å². The third-order valence-corrected chi connectivity index (χ3v) is 6.59. The molecule has 8 heteroatoms. The molecule has 0 spiro atoms. The molecular weight excluding hydrogens is 464 g/mol. The monoisotopic (exact) mass is 506 g/mol. The molecule has 36 heavy (non-hydrogen) atoms. The maximum atomic E-state index is 9.95. The van der Waals surface area contributed by atoms with Gasteiger partial charge in [0.1, 0.15) is 0 Å². The third kappa shape index (κ3) is 7.58. The van der Waals surface area contributed by atoms with Gasteiger partial charge in [0.25, 0.3) is 0 Å². The lowest BCUT2D eigenvalue weighted by Gasteiger charge is -2.28. The second-order valence-electron chi connectivity index (χ2n) is 8.73. The van der Waals surface area contributed by atoms with Gasteiger partial charge in [-0.25, -0.2) is 0 Å². The molecule has 0 saturated heterocycles. The van der Waals surface area contributed by atoms with Crippen molar-refractivity contribution >= 4 is 0 Å². The van der Waals surface area contributed by atoms with Crippen LogP contribution in [-0.2, 0) is 12.8 Å². The molecule has 2 aromatic rings. The quantitative estimate of drug-likeness (QED) is 0.307. The zero-order valence-corrected chi connectivity index (χ0v) is 22.5. The molecule has 0 aromatic heterocycles. The van der Waals surface area contributed by atoms with Crippen LogP contribution in [0.2, 0.25) is 0 Å². The van der Waals surface area contributed by atoms with Crippen LogP contribution in [0.1, 0.15) is 36.8 Å². The summed E-state index contributed by atoms with van der Waals surface area (Å²) >= 11 is 0. The van der Waals surface area contributed by atoms with Crippen molar-refractivity contribution < 1.29 is 38.6 Å². The zero-order chi connectivity index (χ0) is 26.5. The summed E-state index contributed by atoms with van der Waals surface area (Å²) in [5.41, 5.74) is 2.10. The largest absolute Gasteiger partial charge is 0.493 e. The van der Waals surface area contributed by atoms with Gasteiger partial charge >= 0.3 is 0 Å². The number of benzene rings is 2. The lowest BCUT2D eigenvalue weighted by atomic mass is 9.78. The number of aliphatic hydroxyl groups is 2. The maximum Gasteiger partial charge on any atom is 0.203 e. The van der Waals surface area contributed by atoms with Crippen LogP contribution in [-0.4, -0.2) is 66.1 Å². The number of rotatable bonds is 17. The number of unbranched alkanes of at least 4 members (excludes halogenated alkanes) is 1. The van der Waals surface area contributed by atoms with Crippen LogP contribution in [0, 0.1) is 11.8 Å². The summed E-state index contributed by atoms with van der Waals surface area (Å²) in [6, 6.07) is 7.90. The molecule has 0 amide bonds. The minimum absolute atomic E-state index is 0.0842. The Balaban J connectivity index is 2.43. The Kier molecular flexibility index (Phi) is 12.5. The normalized spacial score (nSPS) is 12.6. The van der Waals surface area contributed by atoms with E-state index in [0.29, 0.717) is 40.9 Å². The second kappa shape index (κ2) is 15.3. The molecule has 0 unspecified atom stereocenters. The highest BCUT2D eigenvalue weighted by molar-refractivity contribution is 5.55. The van der Waals surface area contributed by atoms with Gasteiger partial charge in [0, 0.05) is 13.2 Å². The lowest BCUT2D eigenvalue weighted by Crippen LogP contribution is -2.22. The van der Waals surface area contributed by atoms with E-state index in [4.69, 9.17) is 28.4 Å². The fourth-order valence-electron chi connectivity index (χ4n) is 4.80. The molecule has 0 aliphatic heterocycles. The van der Waals surface area contributed by atoms with Crippen LogP contribution < -0.4 is 28.4 Å². The molecule has 0 aliphatic rings. The van der Waals surface area contributed by atoms with Crippen molar-refractivity contribution in [2.24, 2.45) is 11.8 Å². The highest BCUT2D eigenvalue weighted by Crippen LogP contribution is 2.42. The van der Waals surface area contributed by atoms with Gasteiger partial charge in [0.2, 0.25) is 11.5 Å². The third-order valence-electron chi connectivity index (χ3n) is 6.59. The molecule has 2 rings (SSSR count). The van der Waals surface area contributed by atoms with E-state index in [9.17, 15) is 10.2 Å². The predicted octanol–water partition coefficient (Wildman–Crippen LogP) is 4.30. The molecule has 0 bridgehead atoms. The summed E-state index contributed by atoms with van der Waals surface area (Å²) in [4.78, 5) is 0. The van der Waals surface area contributed by atoms with E-state index in [0.717, 1.165) is 43.2 Å². The number of hydrogen-bond acceptors (Lipinski definition) is 8. The summed E-state index contributed by atoms with van der Waals surface area (Å²) in [6.07, 6.45) is 4.67. The fourth-order valence-corrected chi connectivity index (χ4v) is 4.80. The summed E-state index contributed by atoms with van der Waals surface area (Å²) in [5, 5.41) is 19.3. The first kappa shape index (κ1) is 29.4. The summed E-state index contributed by atoms with van der Waals surface area (Å²) < 4.78 is 33.2. The molecule has 0 heterocycles. The van der Waals surface area contributed by atoms with Crippen molar-refractivity contribution in [1.29, 1.82) is 0 Å². The Morgan fingerprint density at radius 3 is 1.22 bits per heavy atom. The van der Waals surface area contributed by atoms with Crippen molar-refractivity contribution in [1.82, 2.24) is 0 Å². The number of hydrogen-bond donors (Lipinski definition) is 2. The van der Waals surface area contributed by atoms with Crippen LogP contribution in [0.15, 0.2) is 24.3 Å². The van der Waals surface area contributed by atoms with Crippen molar-refractivity contribution in [2.75, 3.05) is 55.9 Å². The summed E-state index contributed by atoms with van der Waals surface area (Å²) in [6.45, 7) is 0.245. The molecule has 0 radical (unpaired) electrons. The molecule has 0 saturated carbocycles. The van der Waals surface area contributed by atoms with E-state index in [2.05, 4.69) is 0 Å². The Hall–Kier alpha value is -2.84. The number of aliphatic hydroxyl groups excluding tert-OH is 2. The SMILES string of the molecule is COc1cc(C[C@H](CCO)[C@@H](CCCCO)Cc2cc(OC)c(OC)c(OC)c2)cc(OC)c1OC. The topological polar surface area (TPSA) is 95.8 Å². The average Bonchev–Trinajstić information content (AvgIpc) is 2.90. The Labute approximate surface area is 215 Å². The van der Waals surface area contributed by atoms with Crippen LogP contribution in [0.4, 0.5) is 0 Å². The summed E-state index contributed by atoms with van der Waals surface area (Å²) in [5.74, 6) is 3.98. The minimum atomic E-state index is 0.0842. The summed E-state index contributed by atoms with van der Waals surface area (Å²) in [7, 11) is 9.61. The van der Waals surface area contributed by atoms with Gasteiger partial charge < -0.3 is 38.6 Å². The fraction of sp³-hybridized carbons (Fsp3) is 0.571. The average molecular weight is 507 g/mol. The van der Waals surface area contributed by atoms with E-state index in [1.54, 1.807) is 42.7 Å². The van der Waals surface area contributed by atoms with E-state index >= 15 is 0 Å². The lowest BCUT2D eigenvalue weighted by molar-refractivity contribution is 0.202. The van der Waals surface area contributed by atoms with Gasteiger partial charge in [-0.05, 0) is 79.3 Å². The Bertz CT molecular complexity index is 880. The van der Waals surface area contributed by atoms with Crippen LogP contribution in [0.3, 0.4) is 0 Å². The van der Waals surface area contributed by atoms with Gasteiger partial charge in [-0.15, -0.1) is 0 Å². The zero-order valence-electron chi connectivity index (χ0n) is 22.5. The molecule has 202 valence electrons. The smallest absolute Gasteiger partial charge is 0.203 e. The first-order valence-corrected chi connectivity index (χ1v) is 12.3. The molecule has 2 aromatic carbocycles. The van der Waals surface area contributed by atoms with Gasteiger partial charge in [-0.3, -0.25) is 0 Å². The first-order valence-electron chi connectivity index (χ1n) is 12.3.